The number of ether oxygens (including phenoxy) is 2. The van der Waals surface area contributed by atoms with E-state index in [4.69, 9.17) is 26.8 Å². The van der Waals surface area contributed by atoms with Gasteiger partial charge in [-0.15, -0.1) is 12.8 Å². The third-order valence-electron chi connectivity index (χ3n) is 7.19. The van der Waals surface area contributed by atoms with Crippen LogP contribution in [-0.4, -0.2) is 13.2 Å². The minimum absolute atomic E-state index is 0.0225. The molecule has 0 radical (unpaired) electrons. The van der Waals surface area contributed by atoms with Gasteiger partial charge in [-0.05, 0) is 41.8 Å². The minimum Gasteiger partial charge on any atom is -0.485 e. The summed E-state index contributed by atoms with van der Waals surface area (Å²) in [5.74, 6) is 6.26. The summed E-state index contributed by atoms with van der Waals surface area (Å²) >= 11 is 0. The van der Waals surface area contributed by atoms with Crippen molar-refractivity contribution in [1.29, 1.82) is 0 Å². The Bertz CT molecular complexity index is 1710. The summed E-state index contributed by atoms with van der Waals surface area (Å²) in [6.07, 6.45) is 21.0. The molecule has 5 heteroatoms. The lowest BCUT2D eigenvalue weighted by atomic mass is 9.80. The third kappa shape index (κ3) is 5.40. The molecule has 1 aliphatic heterocycles. The average Bonchev–Trinajstić information content (AvgIpc) is 2.99. The number of hydrogen-bond donors (Lipinski definition) is 0. The Kier molecular flexibility index (Phi) is 8.35. The minimum atomic E-state index is -3.70. The van der Waals surface area contributed by atoms with E-state index in [9.17, 15) is 0 Å². The van der Waals surface area contributed by atoms with Gasteiger partial charge in [0.2, 0.25) is 0 Å². The molecule has 3 aromatic carbocycles. The maximum Gasteiger partial charge on any atom is 0.310 e. The van der Waals surface area contributed by atoms with Crippen molar-refractivity contribution in [2.75, 3.05) is 13.2 Å². The number of fused-ring (bicyclic) bond motifs is 3. The monoisotopic (exact) mass is 558 g/mol. The SMILES string of the molecule is C#CCOC1=CC(P2(=O)Oc3ccccc3-c3ccccc32)=C(OCC#C)C(C)C1c1cccc(/C=C\C=C/C)c1. The molecule has 0 saturated carbocycles. The van der Waals surface area contributed by atoms with Crippen LogP contribution in [0, 0.1) is 30.6 Å². The second-order valence-corrected chi connectivity index (χ2v) is 12.0. The largest absolute Gasteiger partial charge is 0.485 e. The molecular weight excluding hydrogens is 527 g/mol. The summed E-state index contributed by atoms with van der Waals surface area (Å²) in [4.78, 5) is 0. The Balaban J connectivity index is 1.69. The highest BCUT2D eigenvalue weighted by Gasteiger charge is 2.46. The topological polar surface area (TPSA) is 44.8 Å². The first-order valence-electron chi connectivity index (χ1n) is 13.5. The molecular formula is C36H31O4P. The lowest BCUT2D eigenvalue weighted by molar-refractivity contribution is 0.168. The molecule has 0 fully saturated rings. The summed E-state index contributed by atoms with van der Waals surface area (Å²) in [5, 5.41) is 1.03. The molecule has 0 spiro atoms. The van der Waals surface area contributed by atoms with Gasteiger partial charge < -0.3 is 14.0 Å². The van der Waals surface area contributed by atoms with Gasteiger partial charge in [0, 0.05) is 11.5 Å². The van der Waals surface area contributed by atoms with Gasteiger partial charge in [-0.1, -0.05) is 104 Å². The summed E-state index contributed by atoms with van der Waals surface area (Å²) in [5.41, 5.74) is 3.80. The van der Waals surface area contributed by atoms with Gasteiger partial charge >= 0.3 is 7.37 Å². The lowest BCUT2D eigenvalue weighted by Crippen LogP contribution is -2.27. The van der Waals surface area contributed by atoms with Crippen LogP contribution in [0.1, 0.15) is 30.9 Å². The molecule has 0 saturated heterocycles. The van der Waals surface area contributed by atoms with Crippen molar-refractivity contribution in [1.82, 2.24) is 0 Å². The number of hydrogen-bond acceptors (Lipinski definition) is 4. The molecule has 5 rings (SSSR count). The first-order chi connectivity index (χ1) is 20.0. The van der Waals surface area contributed by atoms with E-state index in [0.717, 1.165) is 22.3 Å². The van der Waals surface area contributed by atoms with Crippen molar-refractivity contribution in [2.24, 2.45) is 5.92 Å². The van der Waals surface area contributed by atoms with Gasteiger partial charge in [-0.3, -0.25) is 4.57 Å². The van der Waals surface area contributed by atoms with Crippen molar-refractivity contribution in [2.45, 2.75) is 19.8 Å². The van der Waals surface area contributed by atoms with Crippen LogP contribution < -0.4 is 9.83 Å². The van der Waals surface area contributed by atoms with Gasteiger partial charge in [-0.25, -0.2) is 0 Å². The molecule has 0 N–H and O–H groups in total. The molecule has 1 aliphatic carbocycles. The summed E-state index contributed by atoms with van der Waals surface area (Å²) in [6.45, 7) is 4.09. The highest BCUT2D eigenvalue weighted by molar-refractivity contribution is 7.72. The highest BCUT2D eigenvalue weighted by Crippen LogP contribution is 2.63. The number of allylic oxidation sites excluding steroid dienone is 7. The Morgan fingerprint density at radius 3 is 2.44 bits per heavy atom. The number of para-hydroxylation sites is 1. The third-order valence-corrected chi connectivity index (χ3v) is 9.65. The van der Waals surface area contributed by atoms with E-state index < -0.39 is 7.37 Å². The molecule has 0 bridgehead atoms. The standard InChI is InChI=1S/C36H31O4P/c1-5-8-9-15-27-16-14-17-28(24-27)35-26(4)36(39-23-7-3)34(25-32(35)38-22-6-2)41(37)33-21-13-11-19-30(33)29-18-10-12-20-31(29)40-41/h2-3,5,8-21,24-26,35H,22-23H2,1,4H3/b8-5-,15-9-. The van der Waals surface area contributed by atoms with Crippen LogP contribution in [0.25, 0.3) is 17.2 Å². The molecule has 4 nitrogen and oxygen atoms in total. The Hall–Kier alpha value is -4.63. The van der Waals surface area contributed by atoms with Gasteiger partial charge in [0.05, 0.1) is 16.5 Å². The second kappa shape index (κ2) is 12.3. The molecule has 3 atom stereocenters. The predicted octanol–water partition coefficient (Wildman–Crippen LogP) is 8.07. The Labute approximate surface area is 242 Å². The molecule has 2 aliphatic rings. The second-order valence-electron chi connectivity index (χ2n) is 9.76. The van der Waals surface area contributed by atoms with E-state index >= 15 is 4.57 Å². The van der Waals surface area contributed by atoms with E-state index in [0.29, 0.717) is 27.9 Å². The normalized spacial score (nSPS) is 21.3. The van der Waals surface area contributed by atoms with E-state index in [-0.39, 0.29) is 25.0 Å². The van der Waals surface area contributed by atoms with Crippen LogP contribution in [0.15, 0.2) is 114 Å². The zero-order valence-electron chi connectivity index (χ0n) is 23.1. The number of benzene rings is 3. The Morgan fingerprint density at radius 1 is 0.927 bits per heavy atom. The molecule has 3 unspecified atom stereocenters. The fraction of sp³-hybridized carbons (Fsp3) is 0.167. The molecule has 204 valence electrons. The molecule has 3 aromatic rings. The smallest absolute Gasteiger partial charge is 0.310 e. The van der Waals surface area contributed by atoms with Crippen LogP contribution in [0.5, 0.6) is 5.75 Å². The maximum absolute atomic E-state index is 15.2. The summed E-state index contributed by atoms with van der Waals surface area (Å²) < 4.78 is 34.0. The van der Waals surface area contributed by atoms with Gasteiger partial charge in [-0.2, -0.15) is 0 Å². The van der Waals surface area contributed by atoms with Crippen molar-refractivity contribution in [3.05, 3.63) is 125 Å². The Morgan fingerprint density at radius 2 is 1.66 bits per heavy atom. The van der Waals surface area contributed by atoms with E-state index in [2.05, 4.69) is 24.0 Å². The van der Waals surface area contributed by atoms with Crippen LogP contribution in [0.3, 0.4) is 0 Å². The maximum atomic E-state index is 15.2. The zero-order valence-corrected chi connectivity index (χ0v) is 24.0. The predicted molar refractivity (Wildman–Crippen MR) is 167 cm³/mol. The first-order valence-corrected chi connectivity index (χ1v) is 15.1. The van der Waals surface area contributed by atoms with Crippen molar-refractivity contribution >= 4 is 18.7 Å². The number of terminal acetylenes is 2. The fourth-order valence-corrected chi connectivity index (χ4v) is 7.96. The zero-order chi connectivity index (χ0) is 28.8. The summed E-state index contributed by atoms with van der Waals surface area (Å²) in [6, 6.07) is 23.5. The molecule has 41 heavy (non-hydrogen) atoms. The molecule has 0 aromatic heterocycles. The van der Waals surface area contributed by atoms with Crippen LogP contribution >= 0.6 is 7.37 Å². The van der Waals surface area contributed by atoms with Crippen molar-refractivity contribution < 1.29 is 18.6 Å². The average molecular weight is 559 g/mol. The van der Waals surface area contributed by atoms with Gasteiger partial charge in [0.25, 0.3) is 0 Å². The fourth-order valence-electron chi connectivity index (χ4n) is 5.42. The van der Waals surface area contributed by atoms with E-state index in [1.807, 2.05) is 98.8 Å². The van der Waals surface area contributed by atoms with E-state index in [1.54, 1.807) is 6.08 Å². The van der Waals surface area contributed by atoms with Gasteiger partial charge in [0.15, 0.2) is 0 Å². The lowest BCUT2D eigenvalue weighted by Gasteiger charge is -2.37. The molecule has 0 amide bonds. The summed E-state index contributed by atoms with van der Waals surface area (Å²) in [7, 11) is -3.70. The van der Waals surface area contributed by atoms with Crippen molar-refractivity contribution in [3.63, 3.8) is 0 Å². The van der Waals surface area contributed by atoms with Crippen LogP contribution in [-0.2, 0) is 14.0 Å². The van der Waals surface area contributed by atoms with Crippen LogP contribution in [0.4, 0.5) is 0 Å². The van der Waals surface area contributed by atoms with E-state index in [1.165, 1.54) is 0 Å². The van der Waals surface area contributed by atoms with Crippen molar-refractivity contribution in [3.8, 4) is 41.6 Å². The van der Waals surface area contributed by atoms with Crippen LogP contribution in [0.2, 0.25) is 0 Å². The number of rotatable bonds is 8. The van der Waals surface area contributed by atoms with Gasteiger partial charge in [0.1, 0.15) is 30.5 Å². The molecule has 1 heterocycles. The highest BCUT2D eigenvalue weighted by atomic mass is 31.2. The quantitative estimate of drug-likeness (QED) is 0.159. The first kappa shape index (κ1) is 27.9.